The van der Waals surface area contributed by atoms with Gasteiger partial charge in [-0.1, -0.05) is 13.3 Å². The number of aliphatic hydroxyl groups excluding tert-OH is 4. The molecule has 50 nitrogen and oxygen atoms in total. The Morgan fingerprint density at radius 2 is 0.702 bits per heavy atom. The van der Waals surface area contributed by atoms with Crippen LogP contribution in [0.5, 0.6) is 0 Å². The van der Waals surface area contributed by atoms with Gasteiger partial charge >= 0.3 is 43.4 Å². The Labute approximate surface area is 732 Å². The van der Waals surface area contributed by atoms with Gasteiger partial charge in [-0.15, -0.1) is 0 Å². The lowest BCUT2D eigenvalue weighted by molar-refractivity contribution is -0.175. The quantitative estimate of drug-likeness (QED) is 0.0175. The molecule has 8 unspecified atom stereocenters. The second-order valence-electron chi connectivity index (χ2n) is 27.7. The summed E-state index contributed by atoms with van der Waals surface area (Å²) >= 11 is 20.0. The summed E-state index contributed by atoms with van der Waals surface area (Å²) in [6.45, 7) is -7.17. The van der Waals surface area contributed by atoms with Gasteiger partial charge in [-0.25, -0.2) is 18.3 Å². The number of amides is 3. The minimum Gasteiger partial charge on any atom is -0.387 e. The summed E-state index contributed by atoms with van der Waals surface area (Å²) in [5.41, 5.74) is -5.12. The van der Waals surface area contributed by atoms with E-state index >= 15 is 0 Å². The minimum atomic E-state index is -5.41. The van der Waals surface area contributed by atoms with Crippen molar-refractivity contribution in [1.29, 1.82) is 0 Å². The fourth-order valence-electron chi connectivity index (χ4n) is 11.0. The number of phosphoric ester groups is 4. The highest BCUT2D eigenvalue weighted by Gasteiger charge is 2.58. The van der Waals surface area contributed by atoms with Gasteiger partial charge in [0.25, 0.3) is 22.2 Å². The first-order valence-electron chi connectivity index (χ1n) is 39.6. The maximum absolute atomic E-state index is 12.5. The van der Waals surface area contributed by atoms with Crippen molar-refractivity contribution >= 4 is 97.9 Å². The maximum Gasteiger partial charge on any atom is 0.472 e. The van der Waals surface area contributed by atoms with Crippen molar-refractivity contribution in [3.63, 3.8) is 0 Å². The molecule has 8 heterocycles. The molecule has 0 aromatic carbocycles. The van der Waals surface area contributed by atoms with Crippen molar-refractivity contribution in [2.45, 2.75) is 188 Å². The second kappa shape index (κ2) is 46.8. The van der Waals surface area contributed by atoms with Crippen molar-refractivity contribution < 1.29 is 187 Å². The number of nitrogens with two attached hydrogens (primary N) is 1. The fourth-order valence-corrected chi connectivity index (χ4v) is 14.7. The molecule has 4 aliphatic heterocycles. The molecule has 4 aliphatic rings. The van der Waals surface area contributed by atoms with Crippen LogP contribution in [0.4, 0.5) is 13.2 Å². The number of H-pyrrole nitrogens is 4. The number of aromatic nitrogens is 8. The number of aromatic amines is 4. The molecule has 0 saturated carbocycles. The van der Waals surface area contributed by atoms with Crippen molar-refractivity contribution in [3.05, 3.63) is 110 Å². The molecule has 24 atom stereocenters. The summed E-state index contributed by atoms with van der Waals surface area (Å²) in [5, 5.41) is 91.2. The van der Waals surface area contributed by atoms with E-state index in [2.05, 4.69) is 57.9 Å². The normalized spacial score (nSPS) is 30.4. The largest absolute Gasteiger partial charge is 0.472 e. The number of hydrogen-bond donors (Lipinski definition) is 20. The lowest BCUT2D eigenvalue weighted by atomic mass is 9.96. The van der Waals surface area contributed by atoms with E-state index in [1.54, 1.807) is 0 Å². The van der Waals surface area contributed by atoms with Gasteiger partial charge in [-0.3, -0.25) is 108 Å². The predicted molar refractivity (Wildman–Crippen MR) is 424 cm³/mol. The number of aliphatic hydroxyl groups is 8. The second-order valence-corrected chi connectivity index (χ2v) is 34.7. The molecule has 61 heteroatoms. The van der Waals surface area contributed by atoms with Crippen LogP contribution in [0.15, 0.2) is 68.2 Å². The van der Waals surface area contributed by atoms with Crippen LogP contribution < -0.4 is 43.9 Å². The zero-order valence-corrected chi connectivity index (χ0v) is 73.5. The summed E-state index contributed by atoms with van der Waals surface area (Å²) in [6.07, 6.45) is -21.2. The minimum absolute atomic E-state index is 0.0682. The molecule has 0 aliphatic carbocycles. The number of ether oxygens (including phenoxy) is 7. The molecule has 0 spiro atoms. The third-order valence-electron chi connectivity index (χ3n) is 17.1. The molecular formula is C63H101F3N12O38P4S4. The zero-order valence-electron chi connectivity index (χ0n) is 74.6. The number of rotatable bonds is 39. The standard InChI is InChI=1S/C16H23F3N3O10PS.2C16H26N3O10PS.C15H26N3O8PS/c1-15(26)11(24)9(32-13(15)22-4-3-10(23)21-14(22)34)7-31-33(27,28)30-6-8(5-29-2)20-12(25)16(17,18)19;2*1-9(20)17-10(6-26-3)7-27-30(24,25)28-8-11-13(22)16(2,23)14(29-11)19-5-4-12(21)18-15(19)31;1-3-4-9(16)7-24-27(22,23)25-8-10-12(20)15(2,21)13(26-10)18-6-5-11(19)17-14(18)28/h3-4,8-9,11,13,24,26H,5-7H2,1-2H3,(H,20,25)(H,27,28)(H,21,23,34);2*4-5,10-11,13-14,22-23H,6-8H2,1-3H3,(H,17,20)(H,24,25)(H,18,21,31);5-6,9-10,12-13,20-21H,3-4,7-8,16H2,1-2H3,(H,22,23)(H,17,19,28)/t8-,9-,11+,13-,15?;2*10-,11-,13+,14-,16?;9-,10-,12+,13-,15?/m1111/s1/i7D2;3*8D2. The maximum atomic E-state index is 12.5. The number of halogens is 3. The van der Waals surface area contributed by atoms with Crippen LogP contribution in [-0.4, -0.2) is 312 Å². The van der Waals surface area contributed by atoms with Crippen LogP contribution in [0.1, 0.15) is 97.2 Å². The van der Waals surface area contributed by atoms with E-state index in [9.17, 15) is 125 Å². The van der Waals surface area contributed by atoms with E-state index in [1.807, 2.05) is 6.92 Å². The first-order valence-corrected chi connectivity index (χ1v) is 43.2. The van der Waals surface area contributed by atoms with Gasteiger partial charge < -0.3 is 115 Å². The number of carbonyl (C=O) groups is 3. The van der Waals surface area contributed by atoms with E-state index < -0.39 is 250 Å². The van der Waals surface area contributed by atoms with Gasteiger partial charge in [0.15, 0.2) is 44.0 Å². The first kappa shape index (κ1) is 96.0. The van der Waals surface area contributed by atoms with Gasteiger partial charge in [-0.2, -0.15) is 13.2 Å². The van der Waals surface area contributed by atoms with E-state index in [1.165, 1.54) is 52.0 Å². The molecule has 8 rings (SSSR count). The molecule has 124 heavy (non-hydrogen) atoms. The molecule has 4 saturated heterocycles. The third kappa shape index (κ3) is 31.9. The molecule has 21 N–H and O–H groups in total. The summed E-state index contributed by atoms with van der Waals surface area (Å²) < 4.78 is 227. The lowest BCUT2D eigenvalue weighted by Gasteiger charge is -2.28. The number of methoxy groups -OCH3 is 3. The van der Waals surface area contributed by atoms with Crippen LogP contribution in [0.2, 0.25) is 0 Å². The number of hydrogen-bond acceptors (Lipinski definition) is 39. The number of nitrogens with zero attached hydrogens (tertiary/aromatic N) is 4. The Morgan fingerprint density at radius 3 is 0.903 bits per heavy atom. The average Bonchev–Trinajstić information content (AvgIpc) is 1.61. The summed E-state index contributed by atoms with van der Waals surface area (Å²) in [5.74, 6) is -3.30. The smallest absolute Gasteiger partial charge is 0.387 e. The molecule has 4 aromatic rings. The topological polar surface area (TPSA) is 714 Å². The van der Waals surface area contributed by atoms with Crippen LogP contribution in [0.25, 0.3) is 0 Å². The summed E-state index contributed by atoms with van der Waals surface area (Å²) in [6, 6.07) is 0.443. The molecule has 4 aromatic heterocycles. The van der Waals surface area contributed by atoms with E-state index in [0.717, 1.165) is 83.5 Å². The predicted octanol–water partition coefficient (Wildman–Crippen LogP) is -1.68. The highest BCUT2D eigenvalue weighted by molar-refractivity contribution is 7.71. The number of carbonyl (C=O) groups excluding carboxylic acids is 3. The fraction of sp³-hybridized carbons (Fsp3) is 0.698. The first-order chi connectivity index (χ1) is 60.2. The zero-order chi connectivity index (χ0) is 101. The van der Waals surface area contributed by atoms with Gasteiger partial charge in [0, 0.05) is 90.3 Å². The molecule has 4 fully saturated rings. The molecule has 0 bridgehead atoms. The number of nitrogens with one attached hydrogen (secondary N) is 7. The van der Waals surface area contributed by atoms with Crippen LogP contribution in [-0.2, 0) is 102 Å². The Morgan fingerprint density at radius 1 is 0.476 bits per heavy atom. The molecular weight excluding hydrogens is 1840 g/mol. The van der Waals surface area contributed by atoms with Crippen LogP contribution in [0, 0.1) is 19.1 Å². The monoisotopic (exact) mass is 1950 g/mol. The molecule has 0 radical (unpaired) electrons. The highest BCUT2D eigenvalue weighted by Crippen LogP contribution is 2.50. The highest BCUT2D eigenvalue weighted by atomic mass is 32.1. The van der Waals surface area contributed by atoms with Crippen molar-refractivity contribution in [2.24, 2.45) is 5.73 Å². The Kier molecular flexibility index (Phi) is 36.2. The summed E-state index contributed by atoms with van der Waals surface area (Å²) in [7, 11) is -16.8. The SMILES string of the molecule is [2H]C([2H])(OP(=O)(O)OC[C@@H](COC)NC(=O)C(F)(F)F)[C@H]1O[C@@H](n2ccc(=O)[nH]c2=S)C(C)(O)[C@H]1O.[2H]C([2H])(OP(=O)(O)OC[C@@H](COC)NC(C)=O)[C@H]1O[C@@H](n2ccc(=O)[nH]c2=S)C(C)(O)[C@H]1O.[2H]C([2H])(OP(=O)(O)OC[C@@H](COC)NC(C)=O)[C@H]1O[C@@H](n2ccc(=O)[nH]c2=S)C(C)(O)[C@H]1O.[2H]C([2H])(OP(=O)(O)OC[C@H](N)CCC)[C@H]1O[C@@H](n2ccc(=O)[nH]c2=S)C(C)(O)[C@H]1O. The van der Waals surface area contributed by atoms with E-state index in [0.29, 0.717) is 12.8 Å². The Hall–Kier alpha value is -5.60. The third-order valence-corrected chi connectivity index (χ3v) is 21.6. The Balaban J connectivity index is 0.000000312. The van der Waals surface area contributed by atoms with Crippen LogP contribution >= 0.6 is 80.2 Å². The van der Waals surface area contributed by atoms with Gasteiger partial charge in [0.2, 0.25) is 11.8 Å². The lowest BCUT2D eigenvalue weighted by Crippen LogP contribution is -2.47. The average molecular weight is 1950 g/mol. The Bertz CT molecular complexity index is 5180. The van der Waals surface area contributed by atoms with Gasteiger partial charge in [0.05, 0.1) is 102 Å². The van der Waals surface area contributed by atoms with Crippen molar-refractivity contribution in [3.8, 4) is 0 Å². The molecule has 706 valence electrons. The van der Waals surface area contributed by atoms with Crippen molar-refractivity contribution in [2.75, 3.05) is 93.8 Å². The molecule has 3 amide bonds. The van der Waals surface area contributed by atoms with E-state index in [-0.39, 0.29) is 38.9 Å². The van der Waals surface area contributed by atoms with Crippen molar-refractivity contribution in [1.82, 2.24) is 54.2 Å². The number of alkyl halides is 3. The van der Waals surface area contributed by atoms with E-state index in [4.69, 9.17) is 108 Å². The van der Waals surface area contributed by atoms with Gasteiger partial charge in [0.1, 0.15) is 71.2 Å². The van der Waals surface area contributed by atoms with Gasteiger partial charge in [-0.05, 0) is 83.0 Å². The van der Waals surface area contributed by atoms with Crippen LogP contribution in [0.3, 0.4) is 0 Å². The summed E-state index contributed by atoms with van der Waals surface area (Å²) in [4.78, 5) is 128. The number of phosphoric acid groups is 4.